The molecule has 0 N–H and O–H groups in total. The molecule has 2 saturated carbocycles. The summed E-state index contributed by atoms with van der Waals surface area (Å²) in [5.41, 5.74) is 2.96. The van der Waals surface area contributed by atoms with Crippen LogP contribution in [0.3, 0.4) is 0 Å². The van der Waals surface area contributed by atoms with E-state index in [9.17, 15) is 13.0 Å². The zero-order valence-corrected chi connectivity index (χ0v) is 23.2. The fourth-order valence-corrected chi connectivity index (χ4v) is 6.78. The summed E-state index contributed by atoms with van der Waals surface area (Å²) in [7, 11) is -4.67. The number of hydrogen-bond acceptors (Lipinski definition) is 5. The third-order valence-corrected chi connectivity index (χ3v) is 9.19. The molecule has 5 atom stereocenters. The number of fused-ring (bicyclic) bond motifs is 1. The third kappa shape index (κ3) is 6.73. The fraction of sp³-hybridized carbons (Fsp3) is 0.760. The van der Waals surface area contributed by atoms with Crippen LogP contribution in [0.1, 0.15) is 84.1 Å². The van der Waals surface area contributed by atoms with Crippen molar-refractivity contribution in [2.45, 2.75) is 85.0 Å². The first-order valence-corrected chi connectivity index (χ1v) is 13.2. The molecule has 1 aromatic rings. The van der Waals surface area contributed by atoms with E-state index in [2.05, 4.69) is 27.4 Å². The summed E-state index contributed by atoms with van der Waals surface area (Å²) in [6.07, 6.45) is 14.0. The van der Waals surface area contributed by atoms with Gasteiger partial charge in [0.05, 0.1) is 19.1 Å². The summed E-state index contributed by atoms with van der Waals surface area (Å²) in [5, 5.41) is 0. The first kappa shape index (κ1) is 28.1. The average molecular weight is 475 g/mol. The topological polar surface area (TPSA) is 79.6 Å². The van der Waals surface area contributed by atoms with Crippen molar-refractivity contribution in [3.8, 4) is 0 Å². The maximum atomic E-state index is 11.1. The van der Waals surface area contributed by atoms with E-state index < -0.39 is 10.4 Å². The summed E-state index contributed by atoms with van der Waals surface area (Å²) in [6, 6.07) is 1.95. The summed E-state index contributed by atoms with van der Waals surface area (Å²) in [5.74, 6) is 1.28. The molecule has 2 aliphatic carbocycles. The number of rotatable bonds is 10. The van der Waals surface area contributed by atoms with Crippen molar-refractivity contribution in [3.05, 3.63) is 36.3 Å². The molecule has 2 aliphatic rings. The Labute approximate surface area is 217 Å². The Morgan fingerprint density at radius 3 is 2.72 bits per heavy atom. The van der Waals surface area contributed by atoms with E-state index in [1.54, 1.807) is 12.5 Å². The molecule has 0 spiro atoms. The Kier molecular flexibility index (Phi) is 10.1. The van der Waals surface area contributed by atoms with Gasteiger partial charge >= 0.3 is 29.6 Å². The molecule has 0 aromatic carbocycles. The smallest absolute Gasteiger partial charge is 0.726 e. The minimum absolute atomic E-state index is 0. The summed E-state index contributed by atoms with van der Waals surface area (Å²) < 4.78 is 43.1. The zero-order chi connectivity index (χ0) is 22.7. The van der Waals surface area contributed by atoms with Crippen LogP contribution in [0, 0.1) is 28.6 Å². The van der Waals surface area contributed by atoms with Gasteiger partial charge in [0.25, 0.3) is 0 Å². The maximum absolute atomic E-state index is 11.1. The molecular formula is C25H39NaO5S. The summed E-state index contributed by atoms with van der Waals surface area (Å²) >= 11 is 0. The van der Waals surface area contributed by atoms with Crippen molar-refractivity contribution in [3.63, 3.8) is 0 Å². The van der Waals surface area contributed by atoms with E-state index in [-0.39, 0.29) is 52.9 Å². The molecule has 0 bridgehead atoms. The molecule has 1 aromatic heterocycles. The Hall–Kier alpha value is -0.110. The van der Waals surface area contributed by atoms with Crippen molar-refractivity contribution in [1.82, 2.24) is 0 Å². The van der Waals surface area contributed by atoms with Gasteiger partial charge in [-0.25, -0.2) is 8.42 Å². The van der Waals surface area contributed by atoms with Crippen LogP contribution in [0.2, 0.25) is 0 Å². The van der Waals surface area contributed by atoms with Crippen LogP contribution in [-0.2, 0) is 21.0 Å². The fourth-order valence-electron chi connectivity index (χ4n) is 6.42. The summed E-state index contributed by atoms with van der Waals surface area (Å²) in [4.78, 5) is 0. The van der Waals surface area contributed by atoms with Gasteiger partial charge in [0, 0.05) is 0 Å². The number of aryl methyl sites for hydroxylation is 1. The predicted octanol–water partition coefficient (Wildman–Crippen LogP) is 3.28. The molecule has 0 saturated heterocycles. The van der Waals surface area contributed by atoms with Crippen LogP contribution in [0.15, 0.2) is 35.2 Å². The van der Waals surface area contributed by atoms with Gasteiger partial charge in [0.2, 0.25) is 10.4 Å². The van der Waals surface area contributed by atoms with Gasteiger partial charge in [-0.1, -0.05) is 32.9 Å². The first-order valence-electron chi connectivity index (χ1n) is 11.8. The van der Waals surface area contributed by atoms with Crippen molar-refractivity contribution in [2.24, 2.45) is 28.6 Å². The zero-order valence-electron chi connectivity index (χ0n) is 20.4. The third-order valence-electron chi connectivity index (χ3n) is 8.76. The molecule has 176 valence electrons. The van der Waals surface area contributed by atoms with Crippen LogP contribution < -0.4 is 29.6 Å². The van der Waals surface area contributed by atoms with Crippen LogP contribution in [0.4, 0.5) is 0 Å². The van der Waals surface area contributed by atoms with E-state index in [0.29, 0.717) is 11.8 Å². The van der Waals surface area contributed by atoms with Gasteiger partial charge in [-0.05, 0) is 104 Å². The maximum Gasteiger partial charge on any atom is 1.00 e. The normalized spacial score (nSPS) is 31.6. The molecule has 5 nitrogen and oxygen atoms in total. The van der Waals surface area contributed by atoms with Gasteiger partial charge in [-0.3, -0.25) is 4.18 Å². The Morgan fingerprint density at radius 1 is 1.31 bits per heavy atom. The van der Waals surface area contributed by atoms with Gasteiger partial charge in [-0.15, -0.1) is 0 Å². The predicted molar refractivity (Wildman–Crippen MR) is 121 cm³/mol. The molecule has 0 radical (unpaired) electrons. The van der Waals surface area contributed by atoms with Crippen LogP contribution in [0.5, 0.6) is 0 Å². The molecule has 32 heavy (non-hydrogen) atoms. The molecule has 1 heterocycles. The molecule has 1 unspecified atom stereocenters. The number of furan rings is 1. The molecule has 3 rings (SSSR count). The van der Waals surface area contributed by atoms with Crippen LogP contribution in [-0.4, -0.2) is 19.6 Å². The van der Waals surface area contributed by atoms with Crippen molar-refractivity contribution >= 4 is 10.4 Å². The van der Waals surface area contributed by atoms with E-state index in [1.807, 2.05) is 6.07 Å². The molecule has 0 aliphatic heterocycles. The Bertz CT molecular complexity index is 837. The van der Waals surface area contributed by atoms with E-state index in [1.165, 1.54) is 31.3 Å². The van der Waals surface area contributed by atoms with Gasteiger partial charge in [-0.2, -0.15) is 0 Å². The quantitative estimate of drug-likeness (QED) is 0.225. The van der Waals surface area contributed by atoms with E-state index in [0.717, 1.165) is 44.1 Å². The van der Waals surface area contributed by atoms with Crippen molar-refractivity contribution in [2.75, 3.05) is 6.61 Å². The minimum Gasteiger partial charge on any atom is -0.726 e. The molecule has 0 amide bonds. The van der Waals surface area contributed by atoms with E-state index >= 15 is 0 Å². The van der Waals surface area contributed by atoms with Crippen molar-refractivity contribution in [1.29, 1.82) is 0 Å². The standard InChI is InChI=1S/C25H40O5S.Na/c1-19-7-5-10-23-24(19,3)14-11-20(2)25(23,4)15-12-21(18-30-31(26,27)28)8-6-9-22-13-16-29-17-22;/h13,16-17,20-21,23H,1,5-12,14-15,18H2,2-4H3,(H,26,27,28);/q;+1/p-1/t20-,21?,23+,24-,25+;/m1./s1. The Balaban J connectivity index is 0.00000363. The van der Waals surface area contributed by atoms with Gasteiger partial charge in [0.15, 0.2) is 0 Å². The average Bonchev–Trinajstić information content (AvgIpc) is 3.21. The molecule has 2 fully saturated rings. The SMILES string of the molecule is C=C1CCC[C@@H]2[C@@](C)(CCC(CCCc3ccoc3)COS(=O)(=O)[O-])[C@H](C)CC[C@]12C.[Na+]. The van der Waals surface area contributed by atoms with Gasteiger partial charge < -0.3 is 8.97 Å². The largest absolute Gasteiger partial charge is 1.00 e. The van der Waals surface area contributed by atoms with E-state index in [4.69, 9.17) is 8.60 Å². The second-order valence-corrected chi connectivity index (χ2v) is 11.6. The molecular weight excluding hydrogens is 435 g/mol. The van der Waals surface area contributed by atoms with Crippen molar-refractivity contribution < 1.29 is 51.1 Å². The number of allylic oxidation sites excluding steroid dienone is 1. The van der Waals surface area contributed by atoms with Crippen LogP contribution >= 0.6 is 0 Å². The second kappa shape index (κ2) is 11.5. The monoisotopic (exact) mass is 474 g/mol. The Morgan fingerprint density at radius 2 is 2.06 bits per heavy atom. The van der Waals surface area contributed by atoms with Gasteiger partial charge in [0.1, 0.15) is 0 Å². The molecule has 7 heteroatoms. The minimum atomic E-state index is -4.67. The second-order valence-electron chi connectivity index (χ2n) is 10.5. The summed E-state index contributed by atoms with van der Waals surface area (Å²) in [6.45, 7) is 11.7. The number of hydrogen-bond donors (Lipinski definition) is 0. The first-order chi connectivity index (χ1) is 14.5. The van der Waals surface area contributed by atoms with Crippen LogP contribution in [0.25, 0.3) is 0 Å².